The highest BCUT2D eigenvalue weighted by Crippen LogP contribution is 2.22. The summed E-state index contributed by atoms with van der Waals surface area (Å²) in [4.78, 5) is 22.8. The van der Waals surface area contributed by atoms with Crippen LogP contribution in [-0.4, -0.2) is 33.6 Å². The van der Waals surface area contributed by atoms with Gasteiger partial charge in [0.2, 0.25) is 11.8 Å². The van der Waals surface area contributed by atoms with E-state index in [1.54, 1.807) is 7.11 Å². The molecule has 20 heavy (non-hydrogen) atoms. The van der Waals surface area contributed by atoms with Crippen molar-refractivity contribution in [1.82, 2.24) is 5.32 Å². The first-order valence-electron chi connectivity index (χ1n) is 6.11. The zero-order chi connectivity index (χ0) is 15.0. The number of nitrogens with one attached hydrogen (secondary N) is 3. The second kappa shape index (κ2) is 8.01. The Kier molecular flexibility index (Phi) is 6.32. The van der Waals surface area contributed by atoms with E-state index in [9.17, 15) is 9.59 Å². The Morgan fingerprint density at radius 3 is 2.55 bits per heavy atom. The fourth-order valence-corrected chi connectivity index (χ4v) is 1.47. The number of carbonyl (C=O) groups is 2. The van der Waals surface area contributed by atoms with Gasteiger partial charge in [-0.1, -0.05) is 6.07 Å². The van der Waals surface area contributed by atoms with E-state index in [0.717, 1.165) is 11.3 Å². The highest BCUT2D eigenvalue weighted by molar-refractivity contribution is 6.33. The molecule has 0 aromatic heterocycles. The summed E-state index contributed by atoms with van der Waals surface area (Å²) < 4.78 is 4.94. The summed E-state index contributed by atoms with van der Waals surface area (Å²) >= 11 is 0. The van der Waals surface area contributed by atoms with E-state index in [-0.39, 0.29) is 11.8 Å². The zero-order valence-electron chi connectivity index (χ0n) is 11.8. The molecule has 7 heteroatoms. The third-order valence-corrected chi connectivity index (χ3v) is 2.47. The van der Waals surface area contributed by atoms with E-state index in [0.29, 0.717) is 13.3 Å². The van der Waals surface area contributed by atoms with Gasteiger partial charge in [-0.15, -0.1) is 0 Å². The number of likely N-dealkylation sites (N-methyl/N-ethyl adjacent to an activating group) is 1. The summed E-state index contributed by atoms with van der Waals surface area (Å²) in [5.41, 5.74) is 2.39. The minimum atomic E-state index is -0.375. The molecule has 6 nitrogen and oxygen atoms in total. The van der Waals surface area contributed by atoms with Gasteiger partial charge in [0.05, 0.1) is 5.69 Å². The lowest BCUT2D eigenvalue weighted by Crippen LogP contribution is -2.17. The van der Waals surface area contributed by atoms with Crippen LogP contribution in [0.2, 0.25) is 0 Å². The maximum Gasteiger partial charge on any atom is 0.393 e. The van der Waals surface area contributed by atoms with Crippen molar-refractivity contribution in [2.24, 2.45) is 0 Å². The van der Waals surface area contributed by atoms with Crippen molar-refractivity contribution in [3.63, 3.8) is 0 Å². The first-order valence-corrected chi connectivity index (χ1v) is 6.11. The summed E-state index contributed by atoms with van der Waals surface area (Å²) in [5.74, 6) is -0.707. The standard InChI is InChI=1S/C13H18BN3O3/c1-9-4-5-10(17-14-20-3)11(8-9)16-13(19)7-6-12(18)15-2/h4-8,14,17H,1-3H3,(H,15,18)(H,16,19)/b7-6+. The monoisotopic (exact) mass is 275 g/mol. The molecule has 1 aromatic rings. The molecular formula is C13H18BN3O3. The Hall–Kier alpha value is -2.28. The number of anilines is 2. The molecule has 0 atom stereocenters. The molecule has 2 amide bonds. The Morgan fingerprint density at radius 2 is 1.90 bits per heavy atom. The molecule has 0 saturated heterocycles. The first-order chi connectivity index (χ1) is 9.56. The van der Waals surface area contributed by atoms with Gasteiger partial charge in [0, 0.05) is 32.0 Å². The number of aryl methyl sites for hydroxylation is 1. The highest BCUT2D eigenvalue weighted by atomic mass is 16.4. The molecular weight excluding hydrogens is 257 g/mol. The van der Waals surface area contributed by atoms with Crippen LogP contribution in [0.4, 0.5) is 11.4 Å². The van der Waals surface area contributed by atoms with Gasteiger partial charge in [-0.05, 0) is 24.6 Å². The highest BCUT2D eigenvalue weighted by Gasteiger charge is 2.06. The average molecular weight is 275 g/mol. The predicted molar refractivity (Wildman–Crippen MR) is 80.8 cm³/mol. The molecule has 0 aliphatic carbocycles. The van der Waals surface area contributed by atoms with Gasteiger partial charge in [-0.3, -0.25) is 9.59 Å². The Bertz CT molecular complexity index is 518. The van der Waals surface area contributed by atoms with E-state index < -0.39 is 0 Å². The Balaban J connectivity index is 2.79. The molecule has 106 valence electrons. The minimum absolute atomic E-state index is 0.331. The van der Waals surface area contributed by atoms with Gasteiger partial charge in [-0.2, -0.15) is 0 Å². The van der Waals surface area contributed by atoms with Crippen molar-refractivity contribution in [2.75, 3.05) is 24.7 Å². The zero-order valence-corrected chi connectivity index (χ0v) is 11.8. The Morgan fingerprint density at radius 1 is 1.20 bits per heavy atom. The maximum absolute atomic E-state index is 11.7. The number of carbonyl (C=O) groups excluding carboxylic acids is 2. The van der Waals surface area contributed by atoms with Crippen LogP contribution in [0.3, 0.4) is 0 Å². The van der Waals surface area contributed by atoms with Crippen LogP contribution in [-0.2, 0) is 14.2 Å². The van der Waals surface area contributed by atoms with Crippen LogP contribution >= 0.6 is 0 Å². The summed E-state index contributed by atoms with van der Waals surface area (Å²) in [6.07, 6.45) is 2.36. The maximum atomic E-state index is 11.7. The molecule has 0 saturated carbocycles. The molecule has 0 fully saturated rings. The van der Waals surface area contributed by atoms with Gasteiger partial charge in [0.25, 0.3) is 0 Å². The van der Waals surface area contributed by atoms with Crippen LogP contribution in [0.1, 0.15) is 5.56 Å². The second-order valence-electron chi connectivity index (χ2n) is 4.10. The van der Waals surface area contributed by atoms with E-state index in [2.05, 4.69) is 15.9 Å². The third kappa shape index (κ3) is 5.15. The molecule has 1 rings (SSSR count). The van der Waals surface area contributed by atoms with Crippen LogP contribution in [0.5, 0.6) is 0 Å². The van der Waals surface area contributed by atoms with Crippen molar-refractivity contribution in [3.05, 3.63) is 35.9 Å². The fraction of sp³-hybridized carbons (Fsp3) is 0.231. The quantitative estimate of drug-likeness (QED) is 0.523. The predicted octanol–water partition coefficient (Wildman–Crippen LogP) is 0.561. The number of hydrogen-bond acceptors (Lipinski definition) is 4. The number of amides is 2. The third-order valence-electron chi connectivity index (χ3n) is 2.47. The number of rotatable bonds is 6. The van der Waals surface area contributed by atoms with Gasteiger partial charge < -0.3 is 20.5 Å². The van der Waals surface area contributed by atoms with Gasteiger partial charge in [-0.25, -0.2) is 0 Å². The van der Waals surface area contributed by atoms with E-state index in [4.69, 9.17) is 4.65 Å². The van der Waals surface area contributed by atoms with E-state index >= 15 is 0 Å². The largest absolute Gasteiger partial charge is 0.422 e. The van der Waals surface area contributed by atoms with Crippen molar-refractivity contribution < 1.29 is 14.2 Å². The van der Waals surface area contributed by atoms with Crippen LogP contribution in [0.25, 0.3) is 0 Å². The minimum Gasteiger partial charge on any atom is -0.422 e. The van der Waals surface area contributed by atoms with Crippen LogP contribution in [0.15, 0.2) is 30.4 Å². The lowest BCUT2D eigenvalue weighted by atomic mass is 10.1. The van der Waals surface area contributed by atoms with Crippen molar-refractivity contribution in [2.45, 2.75) is 6.92 Å². The summed E-state index contributed by atoms with van der Waals surface area (Å²) in [6, 6.07) is 5.62. The van der Waals surface area contributed by atoms with Crippen LogP contribution in [0, 0.1) is 6.92 Å². The van der Waals surface area contributed by atoms with Crippen molar-refractivity contribution in [3.8, 4) is 0 Å². The molecule has 0 unspecified atom stereocenters. The van der Waals surface area contributed by atoms with Gasteiger partial charge in [0.15, 0.2) is 0 Å². The Labute approximate surface area is 118 Å². The second-order valence-corrected chi connectivity index (χ2v) is 4.10. The molecule has 3 N–H and O–H groups in total. The molecule has 0 radical (unpaired) electrons. The summed E-state index contributed by atoms with van der Waals surface area (Å²) in [6.45, 7) is 1.93. The molecule has 0 aliphatic rings. The number of hydrogen-bond donors (Lipinski definition) is 3. The molecule has 0 bridgehead atoms. The van der Waals surface area contributed by atoms with Crippen LogP contribution < -0.4 is 15.9 Å². The topological polar surface area (TPSA) is 79.5 Å². The SMILES string of the molecule is CNC(=O)/C=C/C(=O)Nc1cc(C)ccc1NBOC. The smallest absolute Gasteiger partial charge is 0.393 e. The molecule has 1 aromatic carbocycles. The lowest BCUT2D eigenvalue weighted by molar-refractivity contribution is -0.117. The first kappa shape index (κ1) is 15.8. The van der Waals surface area contributed by atoms with Crippen molar-refractivity contribution in [1.29, 1.82) is 0 Å². The van der Waals surface area contributed by atoms with E-state index in [1.165, 1.54) is 19.2 Å². The fourth-order valence-electron chi connectivity index (χ4n) is 1.47. The van der Waals surface area contributed by atoms with Gasteiger partial charge >= 0.3 is 7.62 Å². The normalized spacial score (nSPS) is 10.2. The molecule has 0 heterocycles. The summed E-state index contributed by atoms with van der Waals surface area (Å²) in [7, 11) is 3.41. The summed E-state index contributed by atoms with van der Waals surface area (Å²) in [5, 5.41) is 8.15. The van der Waals surface area contributed by atoms with Crippen molar-refractivity contribution >= 4 is 30.8 Å². The lowest BCUT2D eigenvalue weighted by Gasteiger charge is -2.12. The molecule has 0 spiro atoms. The molecule has 0 aliphatic heterocycles. The van der Waals surface area contributed by atoms with E-state index in [1.807, 2.05) is 25.1 Å². The van der Waals surface area contributed by atoms with Gasteiger partial charge in [0.1, 0.15) is 0 Å². The number of benzene rings is 1. The average Bonchev–Trinajstić information content (AvgIpc) is 2.44.